The molecule has 4 aromatic rings. The Morgan fingerprint density at radius 1 is 1.04 bits per heavy atom. The second-order valence-corrected chi connectivity index (χ2v) is 5.84. The molecule has 3 N–H and O–H groups in total. The van der Waals surface area contributed by atoms with Gasteiger partial charge in [-0.15, -0.1) is 0 Å². The lowest BCUT2D eigenvalue weighted by Gasteiger charge is -2.09. The first kappa shape index (κ1) is 14.0. The molecular weight excluding hydrogens is 284 g/mol. The van der Waals surface area contributed by atoms with Crippen LogP contribution in [0.15, 0.2) is 53.5 Å². The molecule has 0 atom stereocenters. The summed E-state index contributed by atoms with van der Waals surface area (Å²) in [6, 6.07) is 16.8. The number of hydrogen-bond donors (Lipinski definition) is 2. The smallest absolute Gasteiger partial charge is 0.120 e. The van der Waals surface area contributed by atoms with E-state index in [0.29, 0.717) is 6.54 Å². The van der Waals surface area contributed by atoms with Crippen LogP contribution < -0.4 is 11.1 Å². The Balaban J connectivity index is 2.24. The molecule has 0 spiro atoms. The maximum atomic E-state index is 5.64. The fourth-order valence-electron chi connectivity index (χ4n) is 3.29. The van der Waals surface area contributed by atoms with E-state index in [0.717, 1.165) is 29.5 Å². The highest BCUT2D eigenvalue weighted by Gasteiger charge is 2.12. The van der Waals surface area contributed by atoms with Gasteiger partial charge in [-0.2, -0.15) is 0 Å². The van der Waals surface area contributed by atoms with Crippen LogP contribution in [0, 0.1) is 0 Å². The van der Waals surface area contributed by atoms with Crippen molar-refractivity contribution in [2.24, 2.45) is 17.8 Å². The molecule has 4 heteroatoms. The topological polar surface area (TPSA) is 59.1 Å². The zero-order chi connectivity index (χ0) is 15.8. The van der Waals surface area contributed by atoms with Crippen molar-refractivity contribution in [2.75, 3.05) is 13.1 Å². The van der Waals surface area contributed by atoms with Gasteiger partial charge in [0.25, 0.3) is 0 Å². The number of aromatic amines is 1. The van der Waals surface area contributed by atoms with Crippen molar-refractivity contribution >= 4 is 32.8 Å². The van der Waals surface area contributed by atoms with E-state index in [2.05, 4.69) is 65.1 Å². The van der Waals surface area contributed by atoms with Crippen molar-refractivity contribution in [3.63, 3.8) is 0 Å². The van der Waals surface area contributed by atoms with Crippen LogP contribution in [-0.4, -0.2) is 22.6 Å². The summed E-state index contributed by atoms with van der Waals surface area (Å²) < 4.78 is 2.21. The normalized spacial score (nSPS) is 12.7. The first-order valence-electron chi connectivity index (χ1n) is 8.00. The standard InChI is InChI=1S/C19H20N4/c1-23-16-10-5-3-8-14(16)18(21-12-6-11-20)17-13-7-2-4-9-15(13)22-19(17)23/h2-5,7-10,22H,6,11-12,20H2,1H3. The van der Waals surface area contributed by atoms with Crippen LogP contribution in [-0.2, 0) is 7.05 Å². The molecule has 0 unspecified atom stereocenters. The van der Waals surface area contributed by atoms with E-state index in [1.165, 1.54) is 21.7 Å². The summed E-state index contributed by atoms with van der Waals surface area (Å²) in [6.45, 7) is 1.42. The van der Waals surface area contributed by atoms with Crippen LogP contribution in [0.3, 0.4) is 0 Å². The third kappa shape index (κ3) is 2.14. The van der Waals surface area contributed by atoms with Crippen molar-refractivity contribution in [3.8, 4) is 0 Å². The van der Waals surface area contributed by atoms with E-state index in [-0.39, 0.29) is 0 Å². The van der Waals surface area contributed by atoms with Crippen molar-refractivity contribution in [3.05, 3.63) is 53.9 Å². The molecule has 0 saturated heterocycles. The molecule has 116 valence electrons. The minimum Gasteiger partial charge on any atom is -0.341 e. The highest BCUT2D eigenvalue weighted by Crippen LogP contribution is 2.25. The number of rotatable bonds is 3. The third-order valence-electron chi connectivity index (χ3n) is 4.41. The summed E-state index contributed by atoms with van der Waals surface area (Å²) in [5.41, 5.74) is 9.07. The molecule has 2 heterocycles. The summed E-state index contributed by atoms with van der Waals surface area (Å²) in [5.74, 6) is 0. The Morgan fingerprint density at radius 3 is 2.61 bits per heavy atom. The van der Waals surface area contributed by atoms with E-state index < -0.39 is 0 Å². The molecule has 0 bridgehead atoms. The van der Waals surface area contributed by atoms with Crippen molar-refractivity contribution in [1.29, 1.82) is 0 Å². The average molecular weight is 304 g/mol. The number of nitrogens with one attached hydrogen (secondary N) is 1. The van der Waals surface area contributed by atoms with Gasteiger partial charge in [-0.1, -0.05) is 36.4 Å². The average Bonchev–Trinajstić information content (AvgIpc) is 2.98. The van der Waals surface area contributed by atoms with Crippen LogP contribution in [0.4, 0.5) is 0 Å². The molecule has 0 aliphatic heterocycles. The molecule has 4 nitrogen and oxygen atoms in total. The van der Waals surface area contributed by atoms with Gasteiger partial charge in [-0.3, -0.25) is 4.99 Å². The van der Waals surface area contributed by atoms with E-state index in [9.17, 15) is 0 Å². The maximum Gasteiger partial charge on any atom is 0.120 e. The highest BCUT2D eigenvalue weighted by molar-refractivity contribution is 6.09. The second-order valence-electron chi connectivity index (χ2n) is 5.84. The van der Waals surface area contributed by atoms with E-state index in [4.69, 9.17) is 10.7 Å². The van der Waals surface area contributed by atoms with Crippen LogP contribution >= 0.6 is 0 Å². The van der Waals surface area contributed by atoms with Crippen LogP contribution in [0.5, 0.6) is 0 Å². The summed E-state index contributed by atoms with van der Waals surface area (Å²) in [6.07, 6.45) is 0.902. The summed E-state index contributed by atoms with van der Waals surface area (Å²) >= 11 is 0. The van der Waals surface area contributed by atoms with E-state index in [1.54, 1.807) is 0 Å². The van der Waals surface area contributed by atoms with Gasteiger partial charge in [0.2, 0.25) is 0 Å². The third-order valence-corrected chi connectivity index (χ3v) is 4.41. The van der Waals surface area contributed by atoms with Crippen LogP contribution in [0.25, 0.3) is 32.8 Å². The van der Waals surface area contributed by atoms with E-state index in [1.807, 2.05) is 0 Å². The number of para-hydroxylation sites is 2. The van der Waals surface area contributed by atoms with Crippen molar-refractivity contribution < 1.29 is 0 Å². The van der Waals surface area contributed by atoms with Gasteiger partial charge in [-0.25, -0.2) is 0 Å². The van der Waals surface area contributed by atoms with Crippen LogP contribution in [0.2, 0.25) is 0 Å². The molecule has 4 rings (SSSR count). The SMILES string of the molecule is Cn1c2ccccc2c(=NCCCN)c2c3ccccc3[nH]c21. The molecule has 0 amide bonds. The number of aromatic nitrogens is 2. The zero-order valence-electron chi connectivity index (χ0n) is 13.2. The Hall–Kier alpha value is -2.59. The summed E-state index contributed by atoms with van der Waals surface area (Å²) in [7, 11) is 2.10. The number of benzene rings is 2. The number of nitrogens with zero attached hydrogens (tertiary/aromatic N) is 2. The van der Waals surface area contributed by atoms with Gasteiger partial charge >= 0.3 is 0 Å². The van der Waals surface area contributed by atoms with Gasteiger partial charge < -0.3 is 15.3 Å². The summed E-state index contributed by atoms with van der Waals surface area (Å²) in [5, 5.41) is 4.66. The quantitative estimate of drug-likeness (QED) is 0.561. The number of pyridine rings is 1. The van der Waals surface area contributed by atoms with Gasteiger partial charge in [-0.05, 0) is 25.1 Å². The molecule has 0 aliphatic carbocycles. The molecule has 0 aliphatic rings. The summed E-state index contributed by atoms with van der Waals surface area (Å²) in [4.78, 5) is 8.45. The lowest BCUT2D eigenvalue weighted by Crippen LogP contribution is -2.12. The van der Waals surface area contributed by atoms with E-state index >= 15 is 0 Å². The fraction of sp³-hybridized carbons (Fsp3) is 0.211. The number of nitrogens with two attached hydrogens (primary N) is 1. The van der Waals surface area contributed by atoms with Crippen LogP contribution in [0.1, 0.15) is 6.42 Å². The molecule has 0 saturated carbocycles. The van der Waals surface area contributed by atoms with Gasteiger partial charge in [0.1, 0.15) is 5.65 Å². The second kappa shape index (κ2) is 5.56. The Bertz CT molecular complexity index is 1070. The largest absolute Gasteiger partial charge is 0.341 e. The fourth-order valence-corrected chi connectivity index (χ4v) is 3.29. The first-order valence-corrected chi connectivity index (χ1v) is 8.00. The number of H-pyrrole nitrogens is 1. The highest BCUT2D eigenvalue weighted by atomic mass is 15.0. The Kier molecular flexibility index (Phi) is 3.39. The molecule has 2 aromatic heterocycles. The maximum absolute atomic E-state index is 5.64. The minimum absolute atomic E-state index is 0.666. The minimum atomic E-state index is 0.666. The predicted octanol–water partition coefficient (Wildman–Crippen LogP) is 3.06. The number of aryl methyl sites for hydroxylation is 1. The number of fused-ring (bicyclic) bond motifs is 4. The molecule has 2 aromatic carbocycles. The number of hydrogen-bond acceptors (Lipinski definition) is 2. The molecule has 0 radical (unpaired) electrons. The molecule has 23 heavy (non-hydrogen) atoms. The van der Waals surface area contributed by atoms with Crippen molar-refractivity contribution in [2.45, 2.75) is 6.42 Å². The molecule has 0 fully saturated rings. The lowest BCUT2D eigenvalue weighted by atomic mass is 10.1. The first-order chi connectivity index (χ1) is 11.3. The van der Waals surface area contributed by atoms with Gasteiger partial charge in [0, 0.05) is 29.9 Å². The van der Waals surface area contributed by atoms with Gasteiger partial charge in [0.15, 0.2) is 0 Å². The van der Waals surface area contributed by atoms with Crippen molar-refractivity contribution in [1.82, 2.24) is 9.55 Å². The zero-order valence-corrected chi connectivity index (χ0v) is 13.2. The molecular formula is C19H20N4. The lowest BCUT2D eigenvalue weighted by molar-refractivity contribution is 0.831. The predicted molar refractivity (Wildman–Crippen MR) is 96.4 cm³/mol. The Labute approximate surface area is 134 Å². The monoisotopic (exact) mass is 304 g/mol. The van der Waals surface area contributed by atoms with Gasteiger partial charge in [0.05, 0.1) is 16.3 Å². The Morgan fingerprint density at radius 2 is 1.78 bits per heavy atom.